The Balaban J connectivity index is 0.000000191. The number of nitrogens with zero attached hydrogens (tertiary/aromatic N) is 4. The number of hydrogen-bond acceptors (Lipinski definition) is 4. The van der Waals surface area contributed by atoms with Gasteiger partial charge in [0.2, 0.25) is 0 Å². The molecule has 0 aliphatic heterocycles. The van der Waals surface area contributed by atoms with Crippen LogP contribution in [-0.4, -0.2) is 29.5 Å². The monoisotopic (exact) mass is 720 g/mol. The Labute approximate surface area is 292 Å². The van der Waals surface area contributed by atoms with Crippen LogP contribution in [0.4, 0.5) is 37.7 Å². The second-order valence-corrected chi connectivity index (χ2v) is 14.6. The molecule has 0 spiro atoms. The highest BCUT2D eigenvalue weighted by atomic mass is 32.1. The van der Waals surface area contributed by atoms with Crippen molar-refractivity contribution in [2.45, 2.75) is 83.5 Å². The molecule has 0 fully saturated rings. The molecule has 6 rings (SSSR count). The maximum atomic E-state index is 13.3. The molecule has 2 heterocycles. The highest BCUT2D eigenvalue weighted by Crippen LogP contribution is 2.43. The van der Waals surface area contributed by atoms with Gasteiger partial charge in [0.1, 0.15) is 9.98 Å². The van der Waals surface area contributed by atoms with Crippen LogP contribution in [0.5, 0.6) is 0 Å². The molecule has 2 aromatic heterocycles. The van der Waals surface area contributed by atoms with Crippen LogP contribution >= 0.6 is 24.4 Å². The van der Waals surface area contributed by atoms with Crippen molar-refractivity contribution in [1.29, 1.82) is 0 Å². The second kappa shape index (κ2) is 12.8. The molecule has 49 heavy (non-hydrogen) atoms. The van der Waals surface area contributed by atoms with Crippen LogP contribution in [0.3, 0.4) is 0 Å². The molecule has 2 N–H and O–H groups in total. The highest BCUT2D eigenvalue weighted by molar-refractivity contribution is 7.81. The molecular weight excluding hydrogens is 683 g/mol. The minimum Gasteiger partial charge on any atom is -0.346 e. The van der Waals surface area contributed by atoms with Crippen molar-refractivity contribution >= 4 is 45.8 Å². The van der Waals surface area contributed by atoms with Gasteiger partial charge in [0.05, 0.1) is 11.1 Å². The molecule has 0 radical (unpaired) electrons. The fourth-order valence-corrected chi connectivity index (χ4v) is 7.29. The van der Waals surface area contributed by atoms with E-state index in [0.717, 1.165) is 52.9 Å². The first-order valence-corrected chi connectivity index (χ1v) is 16.5. The van der Waals surface area contributed by atoms with E-state index in [2.05, 4.69) is 60.7 Å². The molecule has 2 aliphatic rings. The summed E-state index contributed by atoms with van der Waals surface area (Å²) in [5.74, 6) is 0. The van der Waals surface area contributed by atoms with Gasteiger partial charge in [-0.05, 0) is 77.8 Å². The zero-order valence-electron chi connectivity index (χ0n) is 28.2. The predicted molar refractivity (Wildman–Crippen MR) is 187 cm³/mol. The van der Waals surface area contributed by atoms with Gasteiger partial charge in [0.25, 0.3) is 0 Å². The van der Waals surface area contributed by atoms with Crippen LogP contribution in [0.2, 0.25) is 0 Å². The standard InChI is InChI=1S/C18H20F3N3S.C17H18F3N3S/c1-10-14(15(18(19,20)21)23-24(10)4)16(25)22-13-7-5-6-12-11(13)8-9-17(12,2)3;1-16(2)8-7-10-12(16)5-4-6-13(10)21-15(24)11-9-23(3)22-14(11)17(18,19)20/h5-7H,8-9H2,1-4H3,(H,22,25);4-6,9H,7-8H2,1-3H3,(H,21,24). The average molecular weight is 721 g/mol. The Bertz CT molecular complexity index is 1930. The average Bonchev–Trinajstić information content (AvgIpc) is 3.72. The number of aryl methyl sites for hydroxylation is 2. The minimum atomic E-state index is -4.55. The summed E-state index contributed by atoms with van der Waals surface area (Å²) in [6, 6.07) is 11.7. The Morgan fingerprint density at radius 2 is 1.20 bits per heavy atom. The van der Waals surface area contributed by atoms with Gasteiger partial charge in [-0.3, -0.25) is 9.36 Å². The molecule has 4 aromatic rings. The molecule has 2 aromatic carbocycles. The van der Waals surface area contributed by atoms with E-state index in [1.165, 1.54) is 36.1 Å². The lowest BCUT2D eigenvalue weighted by Gasteiger charge is -2.20. The van der Waals surface area contributed by atoms with Gasteiger partial charge in [0.15, 0.2) is 11.4 Å². The Kier molecular flexibility index (Phi) is 9.56. The Morgan fingerprint density at radius 1 is 0.735 bits per heavy atom. The van der Waals surface area contributed by atoms with Crippen LogP contribution in [0.15, 0.2) is 42.6 Å². The SMILES string of the molecule is Cc1c(C(=S)Nc2cccc3c2CCC3(C)C)c(C(F)(F)F)nn1C.Cn1cc(C(=S)Nc2cccc3c2CCC3(C)C)c(C(F)(F)F)n1. The number of alkyl halides is 6. The molecule has 0 saturated carbocycles. The number of rotatable bonds is 4. The summed E-state index contributed by atoms with van der Waals surface area (Å²) in [5.41, 5.74) is 4.71. The van der Waals surface area contributed by atoms with Crippen LogP contribution in [0.1, 0.15) is 91.0 Å². The van der Waals surface area contributed by atoms with E-state index < -0.39 is 23.7 Å². The number of halogens is 6. The minimum absolute atomic E-state index is 0.0357. The maximum absolute atomic E-state index is 13.3. The Morgan fingerprint density at radius 3 is 1.67 bits per heavy atom. The molecule has 0 bridgehead atoms. The molecule has 262 valence electrons. The van der Waals surface area contributed by atoms with E-state index in [9.17, 15) is 26.3 Å². The first-order valence-electron chi connectivity index (χ1n) is 15.7. The van der Waals surface area contributed by atoms with Gasteiger partial charge in [-0.2, -0.15) is 36.5 Å². The van der Waals surface area contributed by atoms with E-state index in [0.29, 0.717) is 5.69 Å². The summed E-state index contributed by atoms with van der Waals surface area (Å²) in [4.78, 5) is 0.0876. The summed E-state index contributed by atoms with van der Waals surface area (Å²) in [7, 11) is 2.93. The summed E-state index contributed by atoms with van der Waals surface area (Å²) >= 11 is 10.6. The smallest absolute Gasteiger partial charge is 0.346 e. The molecule has 0 amide bonds. The number of anilines is 2. The van der Waals surface area contributed by atoms with Crippen LogP contribution in [0.25, 0.3) is 0 Å². The van der Waals surface area contributed by atoms with E-state index >= 15 is 0 Å². The van der Waals surface area contributed by atoms with Gasteiger partial charge < -0.3 is 10.6 Å². The van der Waals surface area contributed by atoms with Gasteiger partial charge in [-0.25, -0.2) is 0 Å². The molecule has 0 atom stereocenters. The lowest BCUT2D eigenvalue weighted by Crippen LogP contribution is -2.18. The number of hydrogen-bond donors (Lipinski definition) is 2. The van der Waals surface area contributed by atoms with Gasteiger partial charge in [0, 0.05) is 37.4 Å². The van der Waals surface area contributed by atoms with Crippen molar-refractivity contribution in [2.75, 3.05) is 10.6 Å². The number of benzene rings is 2. The molecule has 14 heteroatoms. The van der Waals surface area contributed by atoms with E-state index in [1.54, 1.807) is 6.92 Å². The molecular formula is C35H38F6N6S2. The third-order valence-electron chi connectivity index (χ3n) is 9.48. The maximum Gasteiger partial charge on any atom is 0.435 e. The van der Waals surface area contributed by atoms with Gasteiger partial charge in [-0.1, -0.05) is 76.4 Å². The first kappa shape index (κ1) is 36.5. The van der Waals surface area contributed by atoms with Crippen LogP contribution in [-0.2, 0) is 50.1 Å². The Hall–Kier alpha value is -3.78. The lowest BCUT2D eigenvalue weighted by molar-refractivity contribution is -0.142. The fourth-order valence-electron chi connectivity index (χ4n) is 6.68. The third-order valence-corrected chi connectivity index (χ3v) is 10.1. The zero-order valence-corrected chi connectivity index (χ0v) is 29.9. The predicted octanol–water partition coefficient (Wildman–Crippen LogP) is 9.21. The van der Waals surface area contributed by atoms with E-state index in [-0.39, 0.29) is 31.9 Å². The number of aromatic nitrogens is 4. The number of nitrogens with one attached hydrogen (secondary N) is 2. The largest absolute Gasteiger partial charge is 0.435 e. The molecule has 0 saturated heterocycles. The molecule has 0 unspecified atom stereocenters. The second-order valence-electron chi connectivity index (χ2n) is 13.8. The third kappa shape index (κ3) is 7.26. The molecule has 2 aliphatic carbocycles. The van der Waals surface area contributed by atoms with Crippen molar-refractivity contribution in [3.05, 3.63) is 93.1 Å². The van der Waals surface area contributed by atoms with Gasteiger partial charge in [-0.15, -0.1) is 0 Å². The zero-order chi connectivity index (χ0) is 36.3. The summed E-state index contributed by atoms with van der Waals surface area (Å²) in [6.45, 7) is 10.3. The van der Waals surface area contributed by atoms with Crippen molar-refractivity contribution < 1.29 is 26.3 Å². The lowest BCUT2D eigenvalue weighted by atomic mass is 9.86. The van der Waals surface area contributed by atoms with Crippen molar-refractivity contribution in [2.24, 2.45) is 14.1 Å². The van der Waals surface area contributed by atoms with Gasteiger partial charge >= 0.3 is 12.4 Å². The summed E-state index contributed by atoms with van der Waals surface area (Å²) < 4.78 is 81.6. The van der Waals surface area contributed by atoms with E-state index in [4.69, 9.17) is 24.4 Å². The van der Waals surface area contributed by atoms with E-state index in [1.807, 2.05) is 24.3 Å². The molecule has 6 nitrogen and oxygen atoms in total. The number of fused-ring (bicyclic) bond motifs is 2. The van der Waals surface area contributed by atoms with Crippen molar-refractivity contribution in [1.82, 2.24) is 19.6 Å². The number of thiocarbonyl (C=S) groups is 2. The van der Waals surface area contributed by atoms with Crippen molar-refractivity contribution in [3.63, 3.8) is 0 Å². The topological polar surface area (TPSA) is 59.7 Å². The quantitative estimate of drug-likeness (QED) is 0.162. The van der Waals surface area contributed by atoms with Crippen molar-refractivity contribution in [3.8, 4) is 0 Å². The van der Waals surface area contributed by atoms with Crippen LogP contribution in [0, 0.1) is 6.92 Å². The fraction of sp³-hybridized carbons (Fsp3) is 0.429. The highest BCUT2D eigenvalue weighted by Gasteiger charge is 2.40. The summed E-state index contributed by atoms with van der Waals surface area (Å²) in [6.07, 6.45) is -4.01. The normalized spacial score (nSPS) is 16.0. The summed E-state index contributed by atoms with van der Waals surface area (Å²) in [5, 5.41) is 13.1. The first-order chi connectivity index (χ1) is 22.6. The van der Waals surface area contributed by atoms with Crippen LogP contribution < -0.4 is 10.6 Å².